The maximum Gasteiger partial charge on any atom is 0.374 e. The summed E-state index contributed by atoms with van der Waals surface area (Å²) in [5.74, 6) is -0.214. The molecule has 3 radical (unpaired) electrons. The van der Waals surface area contributed by atoms with Crippen LogP contribution in [0.3, 0.4) is 0 Å². The number of nitrogens with zero attached hydrogens (tertiary/aromatic N) is 3. The van der Waals surface area contributed by atoms with Crippen LogP contribution >= 0.6 is 11.6 Å². The molecular weight excluding hydrogens is 370 g/mol. The Morgan fingerprint density at radius 3 is 2.65 bits per heavy atom. The molecule has 0 aliphatic heterocycles. The summed E-state index contributed by atoms with van der Waals surface area (Å²) < 4.78 is 12.6. The van der Waals surface area contributed by atoms with Gasteiger partial charge in [0.25, 0.3) is 0 Å². The molecule has 0 spiro atoms. The molecule has 2 aromatic rings. The van der Waals surface area contributed by atoms with E-state index in [0.717, 1.165) is 11.6 Å². The zero-order valence-electron chi connectivity index (χ0n) is 15.7. The van der Waals surface area contributed by atoms with Crippen LogP contribution in [0, 0.1) is 0 Å². The first-order valence-electron chi connectivity index (χ1n) is 8.38. The van der Waals surface area contributed by atoms with Gasteiger partial charge in [-0.1, -0.05) is 43.4 Å². The van der Waals surface area contributed by atoms with Crippen LogP contribution in [0.1, 0.15) is 17.5 Å². The van der Waals surface area contributed by atoms with Crippen molar-refractivity contribution in [2.75, 3.05) is 13.2 Å². The summed E-state index contributed by atoms with van der Waals surface area (Å²) in [5.41, 5.74) is 1.51. The first kappa shape index (κ1) is 22.4. The third-order valence-electron chi connectivity index (χ3n) is 3.58. The molecule has 1 aromatic carbocycles. The van der Waals surface area contributed by atoms with Gasteiger partial charge in [-0.25, -0.2) is 9.78 Å². The largest absolute Gasteiger partial charge is 0.460 e. The van der Waals surface area contributed by atoms with Crippen LogP contribution in [0.4, 0.5) is 0 Å². The predicted octanol–water partition coefficient (Wildman–Crippen LogP) is 4.21. The molecular formula is C18H25ClN3O3Si. The van der Waals surface area contributed by atoms with E-state index in [2.05, 4.69) is 24.6 Å². The number of aromatic nitrogens is 2. The number of rotatable bonds is 8. The number of benzene rings is 1. The maximum atomic E-state index is 12.2. The molecule has 1 aromatic heterocycles. The number of ether oxygens (including phenoxy) is 2. The van der Waals surface area contributed by atoms with Gasteiger partial charge in [0.05, 0.1) is 12.3 Å². The first-order valence-corrected chi connectivity index (χ1v) is 12.5. The summed E-state index contributed by atoms with van der Waals surface area (Å²) >= 11 is 6.05. The Kier molecular flexibility index (Phi) is 8.49. The lowest BCUT2D eigenvalue weighted by Gasteiger charge is -2.15. The van der Waals surface area contributed by atoms with Crippen LogP contribution in [0.25, 0.3) is 11.3 Å². The number of carbonyl (C=O) groups is 1. The number of carbonyl (C=O) groups excluding carboxylic acids is 1. The van der Waals surface area contributed by atoms with Crippen molar-refractivity contribution in [2.24, 2.45) is 0 Å². The average molecular weight is 395 g/mol. The average Bonchev–Trinajstić information content (AvgIpc) is 2.95. The van der Waals surface area contributed by atoms with Crippen LogP contribution in [0.15, 0.2) is 30.5 Å². The molecule has 6 nitrogen and oxygen atoms in total. The highest BCUT2D eigenvalue weighted by Crippen LogP contribution is 2.22. The molecule has 0 aliphatic carbocycles. The quantitative estimate of drug-likeness (QED) is 0.381. The van der Waals surface area contributed by atoms with E-state index in [9.17, 15) is 4.79 Å². The molecule has 26 heavy (non-hydrogen) atoms. The minimum atomic E-state index is -1.15. The molecule has 0 saturated carbocycles. The minimum Gasteiger partial charge on any atom is -0.460 e. The lowest BCUT2D eigenvalue weighted by molar-refractivity contribution is 0.0464. The van der Waals surface area contributed by atoms with Gasteiger partial charge in [-0.3, -0.25) is 0 Å². The molecule has 1 heterocycles. The highest BCUT2D eigenvalue weighted by atomic mass is 35.5. The van der Waals surface area contributed by atoms with Crippen LogP contribution in [0.5, 0.6) is 0 Å². The maximum absolute atomic E-state index is 12.2. The van der Waals surface area contributed by atoms with Crippen LogP contribution in [-0.4, -0.2) is 36.8 Å². The van der Waals surface area contributed by atoms with Gasteiger partial charge in [0, 0.05) is 37.6 Å². The molecule has 0 unspecified atom stereocenters. The molecule has 0 bridgehead atoms. The second-order valence-electron chi connectivity index (χ2n) is 7.00. The van der Waals surface area contributed by atoms with Gasteiger partial charge < -0.3 is 14.0 Å². The van der Waals surface area contributed by atoms with Crippen molar-refractivity contribution in [3.05, 3.63) is 41.3 Å². The van der Waals surface area contributed by atoms with E-state index in [1.807, 2.05) is 18.2 Å². The Balaban J connectivity index is 0.00000338. The summed E-state index contributed by atoms with van der Waals surface area (Å²) in [6, 6.07) is 8.44. The molecule has 0 aliphatic rings. The molecule has 0 fully saturated rings. The van der Waals surface area contributed by atoms with Gasteiger partial charge in [-0.05, 0) is 25.1 Å². The molecule has 0 atom stereocenters. The molecule has 141 valence electrons. The predicted molar refractivity (Wildman–Crippen MR) is 105 cm³/mol. The Hall–Kier alpha value is -1.67. The molecule has 0 N–H and O–H groups in total. The monoisotopic (exact) mass is 394 g/mol. The van der Waals surface area contributed by atoms with Crippen molar-refractivity contribution >= 4 is 25.6 Å². The van der Waals surface area contributed by atoms with Crippen LogP contribution in [0.2, 0.25) is 30.7 Å². The standard InChI is InChI=1S/C18H25ClN2O3Si.N/c1-5-24-18(22)17-20-16(14-7-6-8-15(19)11-14)12-21(17)13-23-9-10-25(2,3)4;/h6-8,11-12H,5,9-10,13H2,1-4H3;. The van der Waals surface area contributed by atoms with Crippen molar-refractivity contribution < 1.29 is 14.3 Å². The molecule has 8 heteroatoms. The fraction of sp³-hybridized carbons (Fsp3) is 0.444. The third-order valence-corrected chi connectivity index (χ3v) is 5.52. The van der Waals surface area contributed by atoms with E-state index in [4.69, 9.17) is 21.1 Å². The Labute approximate surface area is 161 Å². The summed E-state index contributed by atoms with van der Waals surface area (Å²) in [4.78, 5) is 16.6. The van der Waals surface area contributed by atoms with Gasteiger partial charge in [-0.15, -0.1) is 0 Å². The van der Waals surface area contributed by atoms with Crippen molar-refractivity contribution in [1.82, 2.24) is 15.7 Å². The van der Waals surface area contributed by atoms with E-state index in [1.165, 1.54) is 0 Å². The third kappa shape index (κ3) is 6.57. The number of hydrogen-bond acceptors (Lipinski definition) is 4. The fourth-order valence-corrected chi connectivity index (χ4v) is 3.15. The minimum absolute atomic E-state index is 0. The smallest absolute Gasteiger partial charge is 0.374 e. The van der Waals surface area contributed by atoms with E-state index in [1.54, 1.807) is 23.8 Å². The number of halogens is 1. The molecule has 0 saturated heterocycles. The van der Waals surface area contributed by atoms with Crippen LogP contribution < -0.4 is 6.15 Å². The Bertz CT molecular complexity index is 729. The highest BCUT2D eigenvalue weighted by molar-refractivity contribution is 6.76. The number of esters is 1. The summed E-state index contributed by atoms with van der Waals surface area (Å²) in [6.07, 6.45) is 1.80. The zero-order valence-corrected chi connectivity index (χ0v) is 17.4. The first-order chi connectivity index (χ1) is 11.8. The lowest BCUT2D eigenvalue weighted by atomic mass is 10.2. The number of imidazole rings is 1. The van der Waals surface area contributed by atoms with Gasteiger partial charge in [0.15, 0.2) is 0 Å². The van der Waals surface area contributed by atoms with E-state index in [-0.39, 0.29) is 18.7 Å². The normalized spacial score (nSPS) is 11.1. The van der Waals surface area contributed by atoms with Gasteiger partial charge in [0.1, 0.15) is 6.73 Å². The lowest BCUT2D eigenvalue weighted by Crippen LogP contribution is -2.22. The highest BCUT2D eigenvalue weighted by Gasteiger charge is 2.18. The second-order valence-corrected chi connectivity index (χ2v) is 13.1. The van der Waals surface area contributed by atoms with E-state index < -0.39 is 14.0 Å². The van der Waals surface area contributed by atoms with Crippen LogP contribution in [-0.2, 0) is 16.2 Å². The van der Waals surface area contributed by atoms with Gasteiger partial charge in [0.2, 0.25) is 5.82 Å². The van der Waals surface area contributed by atoms with Crippen molar-refractivity contribution in [1.29, 1.82) is 0 Å². The van der Waals surface area contributed by atoms with Crippen molar-refractivity contribution in [3.8, 4) is 11.3 Å². The van der Waals surface area contributed by atoms with Crippen molar-refractivity contribution in [3.63, 3.8) is 0 Å². The summed E-state index contributed by atoms with van der Waals surface area (Å²) in [7, 11) is -1.15. The second kappa shape index (κ2) is 9.87. The number of hydrogen-bond donors (Lipinski definition) is 0. The SMILES string of the molecule is CCOC(=O)c1nc(-c2cccc(Cl)c2)cn1COCC[Si](C)(C)C.[N]. The fourth-order valence-electron chi connectivity index (χ4n) is 2.20. The van der Waals surface area contributed by atoms with E-state index >= 15 is 0 Å². The van der Waals surface area contributed by atoms with Crippen molar-refractivity contribution in [2.45, 2.75) is 39.3 Å². The van der Waals surface area contributed by atoms with E-state index in [0.29, 0.717) is 23.9 Å². The Morgan fingerprint density at radius 1 is 1.31 bits per heavy atom. The molecule has 0 amide bonds. The zero-order chi connectivity index (χ0) is 18.4. The summed E-state index contributed by atoms with van der Waals surface area (Å²) in [5, 5.41) is 0.621. The Morgan fingerprint density at radius 2 is 2.04 bits per heavy atom. The van der Waals surface area contributed by atoms with Gasteiger partial charge >= 0.3 is 5.97 Å². The summed E-state index contributed by atoms with van der Waals surface area (Å²) in [6.45, 7) is 9.91. The topological polar surface area (TPSA) is 83.8 Å². The molecule has 2 rings (SSSR count). The van der Waals surface area contributed by atoms with Gasteiger partial charge in [-0.2, -0.15) is 0 Å².